The van der Waals surface area contributed by atoms with Crippen LogP contribution in [0.4, 0.5) is 0 Å². The Morgan fingerprint density at radius 2 is 2.20 bits per heavy atom. The molecule has 0 aliphatic carbocycles. The van der Waals surface area contributed by atoms with Crippen LogP contribution in [-0.4, -0.2) is 23.7 Å². The van der Waals surface area contributed by atoms with Crippen LogP contribution in [0.25, 0.3) is 10.1 Å². The van der Waals surface area contributed by atoms with Gasteiger partial charge in [-0.1, -0.05) is 29.3 Å². The van der Waals surface area contributed by atoms with Gasteiger partial charge in [0.05, 0.1) is 5.02 Å². The van der Waals surface area contributed by atoms with Crippen molar-refractivity contribution in [3.63, 3.8) is 0 Å². The van der Waals surface area contributed by atoms with E-state index in [-0.39, 0.29) is 18.6 Å². The summed E-state index contributed by atoms with van der Waals surface area (Å²) < 4.78 is 0.899. The summed E-state index contributed by atoms with van der Waals surface area (Å²) >= 11 is 13.5. The normalized spacial score (nSPS) is 12.6. The highest BCUT2D eigenvalue weighted by molar-refractivity contribution is 7.21. The molecule has 6 heteroatoms. The molecular weight excluding hydrogens is 317 g/mol. The second-order valence-electron chi connectivity index (χ2n) is 4.63. The molecular formula is C14H15Cl2NO2S. The number of thiophene rings is 1. The molecule has 0 aliphatic rings. The Balaban J connectivity index is 2.20. The van der Waals surface area contributed by atoms with Gasteiger partial charge in [-0.05, 0) is 31.9 Å². The number of fused-ring (bicyclic) bond motifs is 1. The number of hydrogen-bond donors (Lipinski definition) is 2. The van der Waals surface area contributed by atoms with Crippen molar-refractivity contribution in [3.05, 3.63) is 33.1 Å². The quantitative estimate of drug-likeness (QED) is 0.866. The van der Waals surface area contributed by atoms with E-state index in [1.165, 1.54) is 11.3 Å². The molecule has 1 unspecified atom stereocenters. The molecule has 1 heterocycles. The number of carbonyl (C=O) groups is 1. The fourth-order valence-corrected chi connectivity index (χ4v) is 3.64. The van der Waals surface area contributed by atoms with E-state index < -0.39 is 0 Å². The zero-order valence-corrected chi connectivity index (χ0v) is 13.3. The van der Waals surface area contributed by atoms with Crippen LogP contribution in [0.2, 0.25) is 10.0 Å². The fraction of sp³-hybridized carbons (Fsp3) is 0.357. The molecule has 3 nitrogen and oxygen atoms in total. The molecule has 0 aliphatic heterocycles. The first-order chi connectivity index (χ1) is 9.52. The second kappa shape index (κ2) is 6.76. The fourth-order valence-electron chi connectivity index (χ4n) is 1.94. The van der Waals surface area contributed by atoms with Crippen LogP contribution in [0.15, 0.2) is 18.2 Å². The lowest BCUT2D eigenvalue weighted by atomic mass is 10.2. The topological polar surface area (TPSA) is 49.3 Å². The lowest BCUT2D eigenvalue weighted by Gasteiger charge is -2.12. The molecule has 0 fully saturated rings. The monoisotopic (exact) mass is 331 g/mol. The largest absolute Gasteiger partial charge is 0.396 e. The van der Waals surface area contributed by atoms with Gasteiger partial charge in [0, 0.05) is 27.8 Å². The third-order valence-electron chi connectivity index (χ3n) is 2.97. The molecule has 1 aromatic carbocycles. The molecule has 0 saturated heterocycles. The zero-order valence-electron chi connectivity index (χ0n) is 11.0. The van der Waals surface area contributed by atoms with Gasteiger partial charge in [-0.15, -0.1) is 11.3 Å². The number of rotatable bonds is 5. The first kappa shape index (κ1) is 15.6. The maximum absolute atomic E-state index is 12.2. The minimum absolute atomic E-state index is 0.000447. The van der Waals surface area contributed by atoms with E-state index >= 15 is 0 Å². The van der Waals surface area contributed by atoms with E-state index in [9.17, 15) is 4.79 Å². The van der Waals surface area contributed by atoms with Gasteiger partial charge in [-0.3, -0.25) is 4.79 Å². The van der Waals surface area contributed by atoms with Crippen molar-refractivity contribution in [2.75, 3.05) is 6.61 Å². The van der Waals surface area contributed by atoms with E-state index in [1.54, 1.807) is 12.1 Å². The summed E-state index contributed by atoms with van der Waals surface area (Å²) in [5, 5.41) is 13.6. The molecule has 2 N–H and O–H groups in total. The molecule has 2 rings (SSSR count). The van der Waals surface area contributed by atoms with E-state index in [0.29, 0.717) is 21.3 Å². The molecule has 2 aromatic rings. The standard InChI is InChI=1S/C14H15Cl2NO2S/c1-8(3-2-6-18)17-14(19)13-12(16)10-5-4-9(15)7-11(10)20-13/h4-5,7-8,18H,2-3,6H2,1H3,(H,17,19). The minimum Gasteiger partial charge on any atom is -0.396 e. The van der Waals surface area contributed by atoms with Crippen molar-refractivity contribution in [3.8, 4) is 0 Å². The average molecular weight is 332 g/mol. The molecule has 1 aromatic heterocycles. The van der Waals surface area contributed by atoms with E-state index in [4.69, 9.17) is 28.3 Å². The molecule has 0 bridgehead atoms. The number of aliphatic hydroxyl groups excluding tert-OH is 1. The van der Waals surface area contributed by atoms with Gasteiger partial charge in [-0.25, -0.2) is 0 Å². The van der Waals surface area contributed by atoms with Crippen LogP contribution in [0, 0.1) is 0 Å². The van der Waals surface area contributed by atoms with Crippen molar-refractivity contribution in [1.29, 1.82) is 0 Å². The van der Waals surface area contributed by atoms with E-state index in [0.717, 1.165) is 16.5 Å². The third kappa shape index (κ3) is 3.44. The lowest BCUT2D eigenvalue weighted by molar-refractivity contribution is 0.0940. The molecule has 108 valence electrons. The summed E-state index contributed by atoms with van der Waals surface area (Å²) in [7, 11) is 0. The summed E-state index contributed by atoms with van der Waals surface area (Å²) in [5.74, 6) is -0.183. The van der Waals surface area contributed by atoms with Crippen molar-refractivity contribution in [1.82, 2.24) is 5.32 Å². The summed E-state index contributed by atoms with van der Waals surface area (Å²) in [6.45, 7) is 2.04. The van der Waals surface area contributed by atoms with Gasteiger partial charge in [0.15, 0.2) is 0 Å². The molecule has 0 saturated carbocycles. The molecule has 0 radical (unpaired) electrons. The van der Waals surface area contributed by atoms with Crippen LogP contribution in [0.1, 0.15) is 29.4 Å². The predicted molar refractivity (Wildman–Crippen MR) is 85.1 cm³/mol. The summed E-state index contributed by atoms with van der Waals surface area (Å²) in [5.41, 5.74) is 0. The third-order valence-corrected chi connectivity index (χ3v) is 4.86. The average Bonchev–Trinajstić information content (AvgIpc) is 2.73. The Bertz CT molecular complexity index is 627. The van der Waals surface area contributed by atoms with Crippen molar-refractivity contribution in [2.45, 2.75) is 25.8 Å². The Morgan fingerprint density at radius 1 is 1.45 bits per heavy atom. The zero-order chi connectivity index (χ0) is 14.7. The van der Waals surface area contributed by atoms with Crippen LogP contribution in [-0.2, 0) is 0 Å². The van der Waals surface area contributed by atoms with Crippen LogP contribution in [0.5, 0.6) is 0 Å². The van der Waals surface area contributed by atoms with Crippen molar-refractivity contribution >= 4 is 50.5 Å². The Kier molecular flexibility index (Phi) is 5.27. The van der Waals surface area contributed by atoms with Gasteiger partial charge in [-0.2, -0.15) is 0 Å². The first-order valence-corrected chi connectivity index (χ1v) is 7.89. The maximum atomic E-state index is 12.2. The highest BCUT2D eigenvalue weighted by Gasteiger charge is 2.18. The lowest BCUT2D eigenvalue weighted by Crippen LogP contribution is -2.32. The highest BCUT2D eigenvalue weighted by Crippen LogP contribution is 2.36. The molecule has 20 heavy (non-hydrogen) atoms. The predicted octanol–water partition coefficient (Wildman–Crippen LogP) is 4.10. The Morgan fingerprint density at radius 3 is 2.90 bits per heavy atom. The molecule has 0 spiro atoms. The van der Waals surface area contributed by atoms with Crippen molar-refractivity contribution < 1.29 is 9.90 Å². The summed E-state index contributed by atoms with van der Waals surface area (Å²) in [6.07, 6.45) is 1.40. The van der Waals surface area contributed by atoms with Gasteiger partial charge >= 0.3 is 0 Å². The van der Waals surface area contributed by atoms with E-state index in [1.807, 2.05) is 13.0 Å². The van der Waals surface area contributed by atoms with Crippen LogP contribution < -0.4 is 5.32 Å². The second-order valence-corrected chi connectivity index (χ2v) is 6.49. The number of benzene rings is 1. The first-order valence-electron chi connectivity index (χ1n) is 6.32. The molecule has 1 amide bonds. The number of hydrogen-bond acceptors (Lipinski definition) is 3. The smallest absolute Gasteiger partial charge is 0.263 e. The van der Waals surface area contributed by atoms with Gasteiger partial charge in [0.2, 0.25) is 0 Å². The molecule has 1 atom stereocenters. The van der Waals surface area contributed by atoms with Gasteiger partial charge in [0.1, 0.15) is 4.88 Å². The Labute approximate surface area is 131 Å². The number of amides is 1. The number of halogens is 2. The summed E-state index contributed by atoms with van der Waals surface area (Å²) in [6, 6.07) is 5.38. The number of carbonyl (C=O) groups excluding carboxylic acids is 1. The minimum atomic E-state index is -0.183. The highest BCUT2D eigenvalue weighted by atomic mass is 35.5. The van der Waals surface area contributed by atoms with E-state index in [2.05, 4.69) is 5.32 Å². The Hall–Kier alpha value is -0.810. The summed E-state index contributed by atoms with van der Waals surface area (Å²) in [4.78, 5) is 12.7. The number of nitrogens with one attached hydrogen (secondary N) is 1. The van der Waals surface area contributed by atoms with Crippen molar-refractivity contribution in [2.24, 2.45) is 0 Å². The van der Waals surface area contributed by atoms with Crippen LogP contribution >= 0.6 is 34.5 Å². The van der Waals surface area contributed by atoms with Gasteiger partial charge in [0.25, 0.3) is 5.91 Å². The number of aliphatic hydroxyl groups is 1. The van der Waals surface area contributed by atoms with Crippen LogP contribution in [0.3, 0.4) is 0 Å². The maximum Gasteiger partial charge on any atom is 0.263 e. The van der Waals surface area contributed by atoms with Gasteiger partial charge < -0.3 is 10.4 Å². The SMILES string of the molecule is CC(CCCO)NC(=O)c1sc2cc(Cl)ccc2c1Cl.